The van der Waals surface area contributed by atoms with Gasteiger partial charge in [-0.2, -0.15) is 0 Å². The summed E-state index contributed by atoms with van der Waals surface area (Å²) in [5, 5.41) is 11.9. The van der Waals surface area contributed by atoms with Gasteiger partial charge in [0.05, 0.1) is 4.88 Å². The van der Waals surface area contributed by atoms with Crippen molar-refractivity contribution in [2.75, 3.05) is 0 Å². The van der Waals surface area contributed by atoms with Gasteiger partial charge in [0.25, 0.3) is 0 Å². The van der Waals surface area contributed by atoms with E-state index >= 15 is 0 Å². The zero-order valence-corrected chi connectivity index (χ0v) is 14.8. The van der Waals surface area contributed by atoms with Crippen LogP contribution in [-0.4, -0.2) is 11.1 Å². The van der Waals surface area contributed by atoms with Crippen LogP contribution in [0.4, 0.5) is 0 Å². The Bertz CT molecular complexity index is 986. The zero-order chi connectivity index (χ0) is 17.8. The fraction of sp³-hybridized carbons (Fsp3) is 0.0952. The molecule has 2 heterocycles. The van der Waals surface area contributed by atoms with Crippen LogP contribution in [0.25, 0.3) is 27.2 Å². The predicted molar refractivity (Wildman–Crippen MR) is 104 cm³/mol. The van der Waals surface area contributed by atoms with Gasteiger partial charge in [0.15, 0.2) is 5.76 Å². The molecule has 0 aliphatic rings. The van der Waals surface area contributed by atoms with E-state index in [-0.39, 0.29) is 0 Å². The molecule has 0 amide bonds. The number of rotatable bonds is 5. The average Bonchev–Trinajstić information content (AvgIpc) is 3.21. The van der Waals surface area contributed by atoms with Crippen molar-refractivity contribution in [3.63, 3.8) is 0 Å². The lowest BCUT2D eigenvalue weighted by atomic mass is 10.0. The second-order valence-electron chi connectivity index (χ2n) is 5.72. The van der Waals surface area contributed by atoms with Gasteiger partial charge in [0.1, 0.15) is 5.58 Å². The number of fused-ring (bicyclic) bond motifs is 1. The van der Waals surface area contributed by atoms with Crippen molar-refractivity contribution >= 4 is 33.8 Å². The number of carboxylic acid groups (broad SMARTS) is 1. The van der Waals surface area contributed by atoms with E-state index in [1.165, 1.54) is 6.08 Å². The third kappa shape index (κ3) is 3.80. The van der Waals surface area contributed by atoms with Crippen molar-refractivity contribution in [2.45, 2.75) is 13.8 Å². The number of hydrogen-bond acceptors (Lipinski definition) is 3. The van der Waals surface area contributed by atoms with Gasteiger partial charge < -0.3 is 9.52 Å². The van der Waals surface area contributed by atoms with E-state index < -0.39 is 5.97 Å². The Morgan fingerprint density at radius 2 is 1.96 bits per heavy atom. The molecular formula is C21H18O3S. The molecule has 0 aliphatic carbocycles. The Kier molecular flexibility index (Phi) is 5.00. The summed E-state index contributed by atoms with van der Waals surface area (Å²) in [4.78, 5) is 11.8. The first kappa shape index (κ1) is 17.0. The molecule has 0 radical (unpaired) electrons. The van der Waals surface area contributed by atoms with Crippen LogP contribution in [0, 0.1) is 0 Å². The monoisotopic (exact) mass is 350 g/mol. The lowest BCUT2D eigenvalue weighted by Crippen LogP contribution is -1.87. The molecule has 0 saturated heterocycles. The van der Waals surface area contributed by atoms with E-state index in [0.717, 1.165) is 32.7 Å². The Balaban J connectivity index is 2.05. The summed E-state index contributed by atoms with van der Waals surface area (Å²) in [6.45, 7) is 3.80. The van der Waals surface area contributed by atoms with E-state index in [2.05, 4.69) is 12.1 Å². The van der Waals surface area contributed by atoms with E-state index in [0.29, 0.717) is 5.57 Å². The van der Waals surface area contributed by atoms with Gasteiger partial charge >= 0.3 is 5.97 Å². The average molecular weight is 350 g/mol. The molecule has 2 aromatic heterocycles. The number of carboxylic acids is 1. The fourth-order valence-electron chi connectivity index (χ4n) is 2.69. The highest BCUT2D eigenvalue weighted by Gasteiger charge is 2.17. The molecule has 1 aromatic carbocycles. The highest BCUT2D eigenvalue weighted by Crippen LogP contribution is 2.39. The standard InChI is InChI=1S/C21H18O3S/c1-14(13-19(22)23)7-5-8-15(2)20-16-9-3-4-10-17(16)24-21(20)18-11-6-12-25-18/h3-13H,1-2H3,(H,22,23)/b7-5+,14-13+,15-8-. The summed E-state index contributed by atoms with van der Waals surface area (Å²) >= 11 is 1.65. The number of hydrogen-bond donors (Lipinski definition) is 1. The minimum atomic E-state index is -0.941. The van der Waals surface area contributed by atoms with Crippen LogP contribution in [0.15, 0.2) is 76.1 Å². The Labute approximate surface area is 150 Å². The maximum Gasteiger partial charge on any atom is 0.328 e. The van der Waals surface area contributed by atoms with Crippen molar-refractivity contribution in [3.8, 4) is 10.6 Å². The first-order valence-electron chi connectivity index (χ1n) is 7.88. The predicted octanol–water partition coefficient (Wildman–Crippen LogP) is 6.15. The van der Waals surface area contributed by atoms with Crippen LogP contribution in [0.5, 0.6) is 0 Å². The molecule has 0 bridgehead atoms. The van der Waals surface area contributed by atoms with Crippen LogP contribution < -0.4 is 0 Å². The van der Waals surface area contributed by atoms with Crippen LogP contribution in [0.2, 0.25) is 0 Å². The molecule has 0 fully saturated rings. The summed E-state index contributed by atoms with van der Waals surface area (Å²) in [6, 6.07) is 12.1. The lowest BCUT2D eigenvalue weighted by molar-refractivity contribution is -0.131. The van der Waals surface area contributed by atoms with Gasteiger partial charge in [0.2, 0.25) is 0 Å². The number of para-hydroxylation sites is 1. The summed E-state index contributed by atoms with van der Waals surface area (Å²) in [5.41, 5.74) is 3.68. The number of thiophene rings is 1. The SMILES string of the molecule is C/C(=C/C=C/C(C)=C/C(=O)O)c1c(-c2cccs2)oc2ccccc12. The molecule has 0 spiro atoms. The highest BCUT2D eigenvalue weighted by atomic mass is 32.1. The first-order chi connectivity index (χ1) is 12.1. The number of aliphatic carboxylic acids is 1. The van der Waals surface area contributed by atoms with Crippen LogP contribution in [0.1, 0.15) is 19.4 Å². The first-order valence-corrected chi connectivity index (χ1v) is 8.76. The maximum absolute atomic E-state index is 10.7. The number of allylic oxidation sites excluding steroid dienone is 5. The third-order valence-corrected chi connectivity index (χ3v) is 4.66. The number of furan rings is 1. The van der Waals surface area contributed by atoms with Gasteiger partial charge in [0, 0.05) is 17.0 Å². The quantitative estimate of drug-likeness (QED) is 0.443. The lowest BCUT2D eigenvalue weighted by Gasteiger charge is -2.01. The zero-order valence-electron chi connectivity index (χ0n) is 14.0. The molecule has 3 rings (SSSR count). The molecule has 1 N–H and O–H groups in total. The van der Waals surface area contributed by atoms with Crippen molar-refractivity contribution in [2.24, 2.45) is 0 Å². The number of benzene rings is 1. The molecule has 0 atom stereocenters. The Morgan fingerprint density at radius 1 is 1.16 bits per heavy atom. The molecule has 126 valence electrons. The van der Waals surface area contributed by atoms with E-state index in [1.54, 1.807) is 24.3 Å². The van der Waals surface area contributed by atoms with Gasteiger partial charge in [-0.15, -0.1) is 11.3 Å². The largest absolute Gasteiger partial charge is 0.478 e. The van der Waals surface area contributed by atoms with E-state index in [9.17, 15) is 4.79 Å². The molecule has 25 heavy (non-hydrogen) atoms. The van der Waals surface area contributed by atoms with Gasteiger partial charge in [-0.05, 0) is 42.5 Å². The number of carbonyl (C=O) groups is 1. The van der Waals surface area contributed by atoms with Crippen molar-refractivity contribution in [1.29, 1.82) is 0 Å². The third-order valence-electron chi connectivity index (χ3n) is 3.79. The molecule has 3 nitrogen and oxygen atoms in total. The van der Waals surface area contributed by atoms with Gasteiger partial charge in [-0.3, -0.25) is 0 Å². The normalized spacial score (nSPS) is 13.0. The second kappa shape index (κ2) is 7.36. The molecule has 0 aliphatic heterocycles. The molecule has 0 unspecified atom stereocenters. The van der Waals surface area contributed by atoms with Crippen LogP contribution >= 0.6 is 11.3 Å². The topological polar surface area (TPSA) is 50.4 Å². The van der Waals surface area contributed by atoms with Gasteiger partial charge in [-0.1, -0.05) is 42.5 Å². The second-order valence-corrected chi connectivity index (χ2v) is 6.66. The molecule has 0 saturated carbocycles. The maximum atomic E-state index is 10.7. The summed E-state index contributed by atoms with van der Waals surface area (Å²) < 4.78 is 6.10. The molecule has 4 heteroatoms. The van der Waals surface area contributed by atoms with Crippen molar-refractivity contribution < 1.29 is 14.3 Å². The molecular weight excluding hydrogens is 332 g/mol. The fourth-order valence-corrected chi connectivity index (χ4v) is 3.40. The van der Waals surface area contributed by atoms with Crippen molar-refractivity contribution in [3.05, 3.63) is 77.2 Å². The Hall–Kier alpha value is -2.85. The minimum absolute atomic E-state index is 0.687. The highest BCUT2D eigenvalue weighted by molar-refractivity contribution is 7.13. The van der Waals surface area contributed by atoms with Crippen LogP contribution in [0.3, 0.4) is 0 Å². The van der Waals surface area contributed by atoms with Gasteiger partial charge in [-0.25, -0.2) is 4.79 Å². The Morgan fingerprint density at radius 3 is 2.68 bits per heavy atom. The summed E-state index contributed by atoms with van der Waals surface area (Å²) in [6.07, 6.45) is 6.81. The summed E-state index contributed by atoms with van der Waals surface area (Å²) in [7, 11) is 0. The van der Waals surface area contributed by atoms with E-state index in [4.69, 9.17) is 9.52 Å². The van der Waals surface area contributed by atoms with Crippen molar-refractivity contribution in [1.82, 2.24) is 0 Å². The minimum Gasteiger partial charge on any atom is -0.478 e. The summed E-state index contributed by atoms with van der Waals surface area (Å²) in [5.74, 6) is -0.0696. The molecule has 3 aromatic rings. The smallest absolute Gasteiger partial charge is 0.328 e. The van der Waals surface area contributed by atoms with Crippen LogP contribution in [-0.2, 0) is 4.79 Å². The van der Waals surface area contributed by atoms with E-state index in [1.807, 2.05) is 48.7 Å².